The summed E-state index contributed by atoms with van der Waals surface area (Å²) in [7, 11) is 0. The maximum atomic E-state index is 12.4. The molecule has 0 unspecified atom stereocenters. The van der Waals surface area contributed by atoms with Crippen molar-refractivity contribution in [3.63, 3.8) is 0 Å². The molecule has 0 bridgehead atoms. The molecule has 0 saturated heterocycles. The Labute approximate surface area is 194 Å². The third-order valence-corrected chi connectivity index (χ3v) is 5.41. The van der Waals surface area contributed by atoms with Crippen LogP contribution in [0.15, 0.2) is 64.3 Å². The van der Waals surface area contributed by atoms with E-state index in [1.54, 1.807) is 29.2 Å². The van der Waals surface area contributed by atoms with Gasteiger partial charge < -0.3 is 4.90 Å². The monoisotopic (exact) mass is 498 g/mol. The molecular weight excluding hydrogens is 476 g/mol. The van der Waals surface area contributed by atoms with Gasteiger partial charge >= 0.3 is 0 Å². The molecule has 0 aliphatic heterocycles. The fourth-order valence-electron chi connectivity index (χ4n) is 3.12. The summed E-state index contributed by atoms with van der Waals surface area (Å²) in [6, 6.07) is 14.1. The van der Waals surface area contributed by atoms with Crippen molar-refractivity contribution in [1.29, 1.82) is 0 Å². The fourth-order valence-corrected chi connectivity index (χ4v) is 3.62. The van der Waals surface area contributed by atoms with Crippen molar-refractivity contribution in [3.8, 4) is 0 Å². The van der Waals surface area contributed by atoms with Crippen LogP contribution >= 0.6 is 15.9 Å². The first-order valence-electron chi connectivity index (χ1n) is 10.1. The minimum absolute atomic E-state index is 0.0241. The normalized spacial score (nSPS) is 11.0. The van der Waals surface area contributed by atoms with Gasteiger partial charge in [-0.25, -0.2) is 5.43 Å². The van der Waals surface area contributed by atoms with Crippen molar-refractivity contribution in [2.45, 2.75) is 20.4 Å². The zero-order valence-corrected chi connectivity index (χ0v) is 19.3. The van der Waals surface area contributed by atoms with Gasteiger partial charge in [0.25, 0.3) is 11.6 Å². The number of amides is 1. The standard InChI is InChI=1S/C22H23BrN6O3/c1-3-27(4-2)18-9-5-16(6-10-18)13-24-25-22(30)21-20(23)15-28(26-21)14-17-7-11-19(12-8-17)29(31)32/h5-13,15H,3-4,14H2,1-2H3,(H,25,30)/b24-13-. The first-order chi connectivity index (χ1) is 15.4. The molecule has 0 aliphatic rings. The van der Waals surface area contributed by atoms with Gasteiger partial charge in [-0.2, -0.15) is 10.2 Å². The average Bonchev–Trinajstić information content (AvgIpc) is 3.16. The Morgan fingerprint density at radius 3 is 2.44 bits per heavy atom. The van der Waals surface area contributed by atoms with E-state index in [0.29, 0.717) is 11.0 Å². The highest BCUT2D eigenvalue weighted by molar-refractivity contribution is 9.10. The summed E-state index contributed by atoms with van der Waals surface area (Å²) in [5.41, 5.74) is 5.53. The molecule has 3 aromatic rings. The Balaban J connectivity index is 1.60. The largest absolute Gasteiger partial charge is 0.372 e. The molecule has 0 fully saturated rings. The third kappa shape index (κ3) is 5.79. The highest BCUT2D eigenvalue weighted by Gasteiger charge is 2.15. The fraction of sp³-hybridized carbons (Fsp3) is 0.227. The summed E-state index contributed by atoms with van der Waals surface area (Å²) in [6.45, 7) is 6.46. The second-order valence-electron chi connectivity index (χ2n) is 6.91. The molecule has 0 aliphatic carbocycles. The van der Waals surface area contributed by atoms with E-state index in [-0.39, 0.29) is 11.4 Å². The summed E-state index contributed by atoms with van der Waals surface area (Å²) in [6.07, 6.45) is 3.25. The lowest BCUT2D eigenvalue weighted by molar-refractivity contribution is -0.384. The van der Waals surface area contributed by atoms with Crippen LogP contribution in [0.1, 0.15) is 35.5 Å². The summed E-state index contributed by atoms with van der Waals surface area (Å²) in [5.74, 6) is -0.449. The van der Waals surface area contributed by atoms with Crippen LogP contribution in [0.2, 0.25) is 0 Å². The van der Waals surface area contributed by atoms with Crippen LogP contribution in [0, 0.1) is 10.1 Å². The van der Waals surface area contributed by atoms with Crippen molar-refractivity contribution in [1.82, 2.24) is 15.2 Å². The number of hydrogen-bond acceptors (Lipinski definition) is 6. The van der Waals surface area contributed by atoms with Gasteiger partial charge in [-0.15, -0.1) is 0 Å². The van der Waals surface area contributed by atoms with E-state index in [4.69, 9.17) is 0 Å². The van der Waals surface area contributed by atoms with Crippen LogP contribution in [0.5, 0.6) is 0 Å². The van der Waals surface area contributed by atoms with Crippen molar-refractivity contribution in [3.05, 3.63) is 86.1 Å². The van der Waals surface area contributed by atoms with Gasteiger partial charge in [-0.05, 0) is 53.0 Å². The van der Waals surface area contributed by atoms with Gasteiger partial charge in [0.2, 0.25) is 0 Å². The van der Waals surface area contributed by atoms with Gasteiger partial charge in [0.15, 0.2) is 5.69 Å². The second-order valence-corrected chi connectivity index (χ2v) is 7.76. The minimum atomic E-state index is -0.449. The average molecular weight is 499 g/mol. The van der Waals surface area contributed by atoms with E-state index in [1.165, 1.54) is 12.1 Å². The number of benzene rings is 2. The molecule has 10 heteroatoms. The smallest absolute Gasteiger partial charge is 0.293 e. The van der Waals surface area contributed by atoms with Crippen LogP contribution in [-0.4, -0.2) is 39.9 Å². The molecule has 0 atom stereocenters. The molecular formula is C22H23BrN6O3. The van der Waals surface area contributed by atoms with E-state index >= 15 is 0 Å². The Bertz CT molecular complexity index is 1110. The number of non-ortho nitro benzene ring substituents is 1. The third-order valence-electron chi connectivity index (χ3n) is 4.83. The number of hydrogen-bond donors (Lipinski definition) is 1. The van der Waals surface area contributed by atoms with Crippen molar-refractivity contribution < 1.29 is 9.72 Å². The van der Waals surface area contributed by atoms with Crippen LogP contribution < -0.4 is 10.3 Å². The number of carbonyl (C=O) groups is 1. The molecule has 1 aromatic heterocycles. The number of nitro groups is 1. The summed E-state index contributed by atoms with van der Waals surface area (Å²) >= 11 is 3.34. The quantitative estimate of drug-likeness (QED) is 0.270. The molecule has 1 heterocycles. The van der Waals surface area contributed by atoms with E-state index in [9.17, 15) is 14.9 Å². The molecule has 1 N–H and O–H groups in total. The predicted octanol–water partition coefficient (Wildman–Crippen LogP) is 4.21. The van der Waals surface area contributed by atoms with Crippen molar-refractivity contribution in [2.24, 2.45) is 5.10 Å². The second kappa shape index (κ2) is 10.7. The zero-order valence-electron chi connectivity index (χ0n) is 17.7. The number of nitrogens with zero attached hydrogens (tertiary/aromatic N) is 5. The predicted molar refractivity (Wildman–Crippen MR) is 127 cm³/mol. The van der Waals surface area contributed by atoms with Gasteiger partial charge in [-0.3, -0.25) is 19.6 Å². The number of nitrogens with one attached hydrogen (secondary N) is 1. The first-order valence-corrected chi connectivity index (χ1v) is 10.8. The zero-order chi connectivity index (χ0) is 23.1. The number of rotatable bonds is 9. The number of aromatic nitrogens is 2. The molecule has 32 heavy (non-hydrogen) atoms. The van der Waals surface area contributed by atoms with Gasteiger partial charge in [0.1, 0.15) is 0 Å². The Morgan fingerprint density at radius 2 is 1.84 bits per heavy atom. The highest BCUT2D eigenvalue weighted by atomic mass is 79.9. The topological polar surface area (TPSA) is 106 Å². The number of hydrazone groups is 1. The van der Waals surface area contributed by atoms with Crippen LogP contribution in [0.3, 0.4) is 0 Å². The van der Waals surface area contributed by atoms with Crippen LogP contribution in [-0.2, 0) is 6.54 Å². The summed E-state index contributed by atoms with van der Waals surface area (Å²) in [4.78, 5) is 25.0. The lowest BCUT2D eigenvalue weighted by Gasteiger charge is -2.20. The number of carbonyl (C=O) groups excluding carboxylic acids is 1. The van der Waals surface area contributed by atoms with E-state index < -0.39 is 10.8 Å². The molecule has 9 nitrogen and oxygen atoms in total. The highest BCUT2D eigenvalue weighted by Crippen LogP contribution is 2.18. The molecule has 166 valence electrons. The van der Waals surface area contributed by atoms with Crippen LogP contribution in [0.4, 0.5) is 11.4 Å². The van der Waals surface area contributed by atoms with Crippen molar-refractivity contribution >= 4 is 39.4 Å². The van der Waals surface area contributed by atoms with Gasteiger partial charge in [-0.1, -0.05) is 24.3 Å². The van der Waals surface area contributed by atoms with E-state index in [2.05, 4.69) is 50.3 Å². The minimum Gasteiger partial charge on any atom is -0.372 e. The van der Waals surface area contributed by atoms with Crippen molar-refractivity contribution in [2.75, 3.05) is 18.0 Å². The maximum absolute atomic E-state index is 12.4. The molecule has 3 rings (SSSR count). The number of anilines is 1. The SMILES string of the molecule is CCN(CC)c1ccc(/C=N\NC(=O)c2nn(Cc3ccc([N+](=O)[O-])cc3)cc2Br)cc1. The first kappa shape index (κ1) is 23.1. The van der Waals surface area contributed by atoms with Gasteiger partial charge in [0, 0.05) is 37.1 Å². The number of nitro benzene ring substituents is 1. The number of halogens is 1. The summed E-state index contributed by atoms with van der Waals surface area (Å²) in [5, 5.41) is 19.1. The van der Waals surface area contributed by atoms with E-state index in [1.807, 2.05) is 24.3 Å². The lowest BCUT2D eigenvalue weighted by atomic mass is 10.2. The molecule has 0 spiro atoms. The Hall–Kier alpha value is -3.53. The van der Waals surface area contributed by atoms with Crippen LogP contribution in [0.25, 0.3) is 0 Å². The maximum Gasteiger partial charge on any atom is 0.293 e. The molecule has 0 saturated carbocycles. The Morgan fingerprint density at radius 1 is 1.19 bits per heavy atom. The van der Waals surface area contributed by atoms with E-state index in [0.717, 1.165) is 29.9 Å². The lowest BCUT2D eigenvalue weighted by Crippen LogP contribution is -2.21. The Kier molecular flexibility index (Phi) is 7.72. The molecule has 0 radical (unpaired) electrons. The summed E-state index contributed by atoms with van der Waals surface area (Å²) < 4.78 is 2.10. The molecule has 2 aromatic carbocycles. The molecule has 1 amide bonds. The van der Waals surface area contributed by atoms with Gasteiger partial charge in [0.05, 0.1) is 22.2 Å².